The highest BCUT2D eigenvalue weighted by Gasteiger charge is 2.36. The summed E-state index contributed by atoms with van der Waals surface area (Å²) in [5.41, 5.74) is 4.81. The molecule has 7 heteroatoms. The monoisotopic (exact) mass is 274 g/mol. The number of halogens is 3. The van der Waals surface area contributed by atoms with Crippen LogP contribution in [0.1, 0.15) is 5.56 Å². The lowest BCUT2D eigenvalue weighted by Gasteiger charge is -2.36. The minimum absolute atomic E-state index is 0.0300. The molecule has 0 aliphatic carbocycles. The molecule has 0 bridgehead atoms. The van der Waals surface area contributed by atoms with Gasteiger partial charge in [-0.2, -0.15) is 13.2 Å². The molecule has 19 heavy (non-hydrogen) atoms. The third-order valence-electron chi connectivity index (χ3n) is 3.21. The van der Waals surface area contributed by atoms with E-state index in [1.54, 1.807) is 4.90 Å². The predicted molar refractivity (Wildman–Crippen MR) is 66.9 cm³/mol. The molecule has 0 amide bonds. The molecule has 2 rings (SSSR count). The lowest BCUT2D eigenvalue weighted by atomic mass is 10.2. The van der Waals surface area contributed by atoms with Crippen LogP contribution in [0.5, 0.6) is 0 Å². The van der Waals surface area contributed by atoms with Crippen molar-refractivity contribution in [1.29, 1.82) is 0 Å². The van der Waals surface area contributed by atoms with Crippen LogP contribution in [0.15, 0.2) is 18.3 Å². The van der Waals surface area contributed by atoms with Crippen LogP contribution in [0.2, 0.25) is 0 Å². The van der Waals surface area contributed by atoms with Gasteiger partial charge in [0.25, 0.3) is 0 Å². The Morgan fingerprint density at radius 3 is 2.47 bits per heavy atom. The zero-order chi connectivity index (χ0) is 13.9. The number of hydrogen-bond donors (Lipinski definition) is 1. The van der Waals surface area contributed by atoms with Gasteiger partial charge in [0, 0.05) is 45.5 Å². The summed E-state index contributed by atoms with van der Waals surface area (Å²) in [6.45, 7) is 3.86. The van der Waals surface area contributed by atoms with Gasteiger partial charge < -0.3 is 10.6 Å². The maximum absolute atomic E-state index is 12.9. The predicted octanol–water partition coefficient (Wildman–Crippen LogP) is 1.18. The van der Waals surface area contributed by atoms with Gasteiger partial charge in [-0.15, -0.1) is 0 Å². The second-order valence-electron chi connectivity index (χ2n) is 4.49. The number of rotatable bonds is 3. The first kappa shape index (κ1) is 14.1. The van der Waals surface area contributed by atoms with E-state index in [0.29, 0.717) is 32.7 Å². The van der Waals surface area contributed by atoms with Gasteiger partial charge in [0.2, 0.25) is 0 Å². The average molecular weight is 274 g/mol. The quantitative estimate of drug-likeness (QED) is 0.899. The second-order valence-corrected chi connectivity index (χ2v) is 4.49. The highest BCUT2D eigenvalue weighted by molar-refractivity contribution is 5.48. The molecule has 1 aromatic heterocycles. The number of aromatic nitrogens is 1. The average Bonchev–Trinajstić information content (AvgIpc) is 2.39. The normalized spacial score (nSPS) is 17.8. The summed E-state index contributed by atoms with van der Waals surface area (Å²) in [6, 6.07) is 2.39. The van der Waals surface area contributed by atoms with Gasteiger partial charge in [-0.25, -0.2) is 4.98 Å². The summed E-state index contributed by atoms with van der Waals surface area (Å²) in [6.07, 6.45) is -2.96. The molecular formula is C12H17F3N4. The van der Waals surface area contributed by atoms with E-state index in [2.05, 4.69) is 9.88 Å². The summed E-state index contributed by atoms with van der Waals surface area (Å²) in [4.78, 5) is 7.74. The van der Waals surface area contributed by atoms with E-state index in [-0.39, 0.29) is 5.82 Å². The van der Waals surface area contributed by atoms with Crippen LogP contribution in [0.25, 0.3) is 0 Å². The molecule has 0 radical (unpaired) electrons. The number of pyridine rings is 1. The fourth-order valence-corrected chi connectivity index (χ4v) is 2.24. The third kappa shape index (κ3) is 3.36. The number of nitrogens with two attached hydrogens (primary N) is 1. The van der Waals surface area contributed by atoms with E-state index in [1.807, 2.05) is 0 Å². The van der Waals surface area contributed by atoms with E-state index >= 15 is 0 Å². The summed E-state index contributed by atoms with van der Waals surface area (Å²) in [7, 11) is 0. The smallest absolute Gasteiger partial charge is 0.354 e. The Morgan fingerprint density at radius 2 is 1.89 bits per heavy atom. The molecule has 1 saturated heterocycles. The van der Waals surface area contributed by atoms with Crippen LogP contribution >= 0.6 is 0 Å². The molecule has 4 nitrogen and oxygen atoms in total. The van der Waals surface area contributed by atoms with Crippen LogP contribution in [0, 0.1) is 0 Å². The van der Waals surface area contributed by atoms with Crippen molar-refractivity contribution in [3.8, 4) is 0 Å². The molecule has 0 unspecified atom stereocenters. The fourth-order valence-electron chi connectivity index (χ4n) is 2.24. The second kappa shape index (κ2) is 5.75. The Morgan fingerprint density at radius 1 is 1.21 bits per heavy atom. The molecule has 1 aliphatic rings. The zero-order valence-corrected chi connectivity index (χ0v) is 10.5. The zero-order valence-electron chi connectivity index (χ0n) is 10.5. The van der Waals surface area contributed by atoms with Gasteiger partial charge in [0.1, 0.15) is 5.82 Å². The Bertz CT molecular complexity index is 414. The molecule has 0 atom stereocenters. The van der Waals surface area contributed by atoms with Gasteiger partial charge in [-0.05, 0) is 12.1 Å². The maximum Gasteiger partial charge on any atom is 0.419 e. The Labute approximate surface area is 110 Å². The number of hydrogen-bond acceptors (Lipinski definition) is 4. The first-order valence-corrected chi connectivity index (χ1v) is 6.22. The molecule has 1 fully saturated rings. The molecule has 2 N–H and O–H groups in total. The van der Waals surface area contributed by atoms with E-state index in [1.165, 1.54) is 12.3 Å². The van der Waals surface area contributed by atoms with Crippen LogP contribution in [-0.2, 0) is 6.18 Å². The van der Waals surface area contributed by atoms with E-state index in [0.717, 1.165) is 12.6 Å². The SMILES string of the molecule is NCCN1CCN(c2ncccc2C(F)(F)F)CC1. The van der Waals surface area contributed by atoms with Crippen LogP contribution in [0.3, 0.4) is 0 Å². The lowest BCUT2D eigenvalue weighted by molar-refractivity contribution is -0.137. The van der Waals surface area contributed by atoms with Gasteiger partial charge in [0.15, 0.2) is 0 Å². The number of alkyl halides is 3. The van der Waals surface area contributed by atoms with Gasteiger partial charge in [-0.1, -0.05) is 0 Å². The minimum Gasteiger partial charge on any atom is -0.354 e. The molecule has 2 heterocycles. The van der Waals surface area contributed by atoms with Crippen LogP contribution < -0.4 is 10.6 Å². The first-order valence-electron chi connectivity index (χ1n) is 6.22. The van der Waals surface area contributed by atoms with E-state index in [4.69, 9.17) is 5.73 Å². The topological polar surface area (TPSA) is 45.4 Å². The van der Waals surface area contributed by atoms with Crippen molar-refractivity contribution >= 4 is 5.82 Å². The van der Waals surface area contributed by atoms with Crippen molar-refractivity contribution < 1.29 is 13.2 Å². The van der Waals surface area contributed by atoms with Crippen molar-refractivity contribution in [3.63, 3.8) is 0 Å². The molecule has 0 saturated carbocycles. The Hall–Kier alpha value is -1.34. The van der Waals surface area contributed by atoms with Gasteiger partial charge >= 0.3 is 6.18 Å². The summed E-state index contributed by atoms with van der Waals surface area (Å²) >= 11 is 0. The number of anilines is 1. The Kier molecular flexibility index (Phi) is 4.26. The van der Waals surface area contributed by atoms with Crippen molar-refractivity contribution in [3.05, 3.63) is 23.9 Å². The van der Waals surface area contributed by atoms with Gasteiger partial charge in [0.05, 0.1) is 5.56 Å². The number of nitrogens with zero attached hydrogens (tertiary/aromatic N) is 3. The standard InChI is InChI=1S/C12H17F3N4/c13-12(14,15)10-2-1-4-17-11(10)19-8-6-18(5-3-16)7-9-19/h1-2,4H,3,5-9,16H2. The summed E-state index contributed by atoms with van der Waals surface area (Å²) < 4.78 is 38.7. The van der Waals surface area contributed by atoms with E-state index in [9.17, 15) is 13.2 Å². The molecule has 0 spiro atoms. The number of piperazine rings is 1. The minimum atomic E-state index is -4.36. The highest BCUT2D eigenvalue weighted by Crippen LogP contribution is 2.35. The molecule has 1 aromatic rings. The molecule has 0 aromatic carbocycles. The maximum atomic E-state index is 12.9. The molecular weight excluding hydrogens is 257 g/mol. The van der Waals surface area contributed by atoms with Gasteiger partial charge in [-0.3, -0.25) is 4.90 Å². The largest absolute Gasteiger partial charge is 0.419 e. The van der Waals surface area contributed by atoms with Crippen molar-refractivity contribution in [2.24, 2.45) is 5.73 Å². The fraction of sp³-hybridized carbons (Fsp3) is 0.583. The van der Waals surface area contributed by atoms with Crippen LogP contribution in [0.4, 0.5) is 19.0 Å². The lowest BCUT2D eigenvalue weighted by Crippen LogP contribution is -2.48. The molecule has 106 valence electrons. The van der Waals surface area contributed by atoms with Crippen molar-refractivity contribution in [1.82, 2.24) is 9.88 Å². The van der Waals surface area contributed by atoms with Crippen LogP contribution in [-0.4, -0.2) is 49.2 Å². The molecule has 1 aliphatic heterocycles. The Balaban J connectivity index is 2.12. The van der Waals surface area contributed by atoms with Crippen molar-refractivity contribution in [2.45, 2.75) is 6.18 Å². The highest BCUT2D eigenvalue weighted by atomic mass is 19.4. The summed E-state index contributed by atoms with van der Waals surface area (Å²) in [5, 5.41) is 0. The van der Waals surface area contributed by atoms with Crippen molar-refractivity contribution in [2.75, 3.05) is 44.2 Å². The summed E-state index contributed by atoms with van der Waals surface area (Å²) in [5.74, 6) is 0.0300. The van der Waals surface area contributed by atoms with E-state index < -0.39 is 11.7 Å². The first-order chi connectivity index (χ1) is 9.02. The third-order valence-corrected chi connectivity index (χ3v) is 3.21.